The topological polar surface area (TPSA) is 86.6 Å². The van der Waals surface area contributed by atoms with E-state index < -0.39 is 5.97 Å². The van der Waals surface area contributed by atoms with Crippen LogP contribution in [-0.2, 0) is 16.0 Å². The monoisotopic (exact) mass is 293 g/mol. The maximum Gasteiger partial charge on any atom is 0.303 e. The molecular weight excluding hydrogens is 270 g/mol. The fourth-order valence-corrected chi connectivity index (χ4v) is 2.07. The summed E-state index contributed by atoms with van der Waals surface area (Å²) < 4.78 is 0. The molecule has 0 aliphatic carbocycles. The van der Waals surface area contributed by atoms with Gasteiger partial charge in [0.2, 0.25) is 5.91 Å². The van der Waals surface area contributed by atoms with Gasteiger partial charge in [-0.05, 0) is 30.5 Å². The van der Waals surface area contributed by atoms with E-state index in [-0.39, 0.29) is 24.5 Å². The van der Waals surface area contributed by atoms with E-state index in [2.05, 4.69) is 5.32 Å². The molecule has 5 heteroatoms. The lowest BCUT2D eigenvalue weighted by molar-refractivity contribution is -0.137. The van der Waals surface area contributed by atoms with Crippen LogP contribution in [0.5, 0.6) is 5.75 Å². The quantitative estimate of drug-likeness (QED) is 0.578. The number of carbonyl (C=O) groups excluding carboxylic acids is 1. The van der Waals surface area contributed by atoms with Crippen LogP contribution >= 0.6 is 0 Å². The van der Waals surface area contributed by atoms with Crippen LogP contribution in [0.3, 0.4) is 0 Å². The van der Waals surface area contributed by atoms with E-state index in [4.69, 9.17) is 5.11 Å². The number of phenols is 1. The molecule has 1 amide bonds. The van der Waals surface area contributed by atoms with Crippen molar-refractivity contribution in [1.82, 2.24) is 5.32 Å². The fourth-order valence-electron chi connectivity index (χ4n) is 2.07. The summed E-state index contributed by atoms with van der Waals surface area (Å²) in [5.41, 5.74) is 0.793. The van der Waals surface area contributed by atoms with Gasteiger partial charge in [0.1, 0.15) is 5.75 Å². The van der Waals surface area contributed by atoms with E-state index >= 15 is 0 Å². The van der Waals surface area contributed by atoms with Crippen LogP contribution < -0.4 is 5.32 Å². The molecule has 0 saturated carbocycles. The van der Waals surface area contributed by atoms with Crippen molar-refractivity contribution in [2.45, 2.75) is 44.9 Å². The van der Waals surface area contributed by atoms with Crippen molar-refractivity contribution < 1.29 is 19.8 Å². The van der Waals surface area contributed by atoms with Gasteiger partial charge in [-0.3, -0.25) is 9.59 Å². The average molecular weight is 293 g/mol. The fraction of sp³-hybridized carbons (Fsp3) is 0.500. The number of aromatic hydroxyl groups is 1. The third kappa shape index (κ3) is 8.68. The number of hydrogen-bond donors (Lipinski definition) is 3. The van der Waals surface area contributed by atoms with Gasteiger partial charge in [0, 0.05) is 13.0 Å². The minimum absolute atomic E-state index is 0.0496. The summed E-state index contributed by atoms with van der Waals surface area (Å²) in [6.07, 6.45) is 5.04. The summed E-state index contributed by atoms with van der Waals surface area (Å²) >= 11 is 0. The van der Waals surface area contributed by atoms with E-state index in [1.807, 2.05) is 6.07 Å². The maximum atomic E-state index is 11.7. The molecule has 0 bridgehead atoms. The largest absolute Gasteiger partial charge is 0.508 e. The second-order valence-corrected chi connectivity index (χ2v) is 5.11. The van der Waals surface area contributed by atoms with Crippen LogP contribution in [0.15, 0.2) is 24.3 Å². The van der Waals surface area contributed by atoms with Gasteiger partial charge in [-0.15, -0.1) is 0 Å². The second kappa shape index (κ2) is 9.80. The van der Waals surface area contributed by atoms with Crippen molar-refractivity contribution >= 4 is 11.9 Å². The summed E-state index contributed by atoms with van der Waals surface area (Å²) in [7, 11) is 0. The third-order valence-corrected chi connectivity index (χ3v) is 3.16. The van der Waals surface area contributed by atoms with E-state index in [1.165, 1.54) is 0 Å². The zero-order valence-corrected chi connectivity index (χ0v) is 12.2. The summed E-state index contributed by atoms with van der Waals surface area (Å²) in [6, 6.07) is 6.69. The molecule has 1 aromatic carbocycles. The van der Waals surface area contributed by atoms with Crippen molar-refractivity contribution in [3.8, 4) is 5.75 Å². The highest BCUT2D eigenvalue weighted by Crippen LogP contribution is 2.11. The van der Waals surface area contributed by atoms with Gasteiger partial charge in [0.25, 0.3) is 0 Å². The molecule has 1 rings (SSSR count). The number of rotatable bonds is 10. The predicted octanol–water partition coefficient (Wildman–Crippen LogP) is 2.48. The van der Waals surface area contributed by atoms with Gasteiger partial charge in [0.05, 0.1) is 6.42 Å². The Labute approximate surface area is 125 Å². The summed E-state index contributed by atoms with van der Waals surface area (Å²) in [5, 5.41) is 20.6. The lowest BCUT2D eigenvalue weighted by Gasteiger charge is -2.05. The molecule has 0 radical (unpaired) electrons. The van der Waals surface area contributed by atoms with Gasteiger partial charge < -0.3 is 15.5 Å². The molecule has 1 aromatic rings. The van der Waals surface area contributed by atoms with Crippen LogP contribution in [0.4, 0.5) is 0 Å². The van der Waals surface area contributed by atoms with E-state index in [9.17, 15) is 14.7 Å². The number of hydrogen-bond acceptors (Lipinski definition) is 3. The zero-order chi connectivity index (χ0) is 15.5. The molecule has 0 aliphatic rings. The third-order valence-electron chi connectivity index (χ3n) is 3.16. The van der Waals surface area contributed by atoms with Crippen LogP contribution in [0, 0.1) is 0 Å². The number of carboxylic acid groups (broad SMARTS) is 1. The Kier molecular flexibility index (Phi) is 7.94. The minimum Gasteiger partial charge on any atom is -0.508 e. The van der Waals surface area contributed by atoms with Crippen molar-refractivity contribution in [3.63, 3.8) is 0 Å². The SMILES string of the molecule is O=C(O)CCCCCCCNC(=O)Cc1cccc(O)c1. The van der Waals surface area contributed by atoms with Gasteiger partial charge >= 0.3 is 5.97 Å². The van der Waals surface area contributed by atoms with Crippen molar-refractivity contribution in [3.05, 3.63) is 29.8 Å². The second-order valence-electron chi connectivity index (χ2n) is 5.11. The molecule has 0 saturated heterocycles. The van der Waals surface area contributed by atoms with E-state index in [0.717, 1.165) is 37.7 Å². The van der Waals surface area contributed by atoms with Gasteiger partial charge in [-0.25, -0.2) is 0 Å². The molecule has 0 aromatic heterocycles. The average Bonchev–Trinajstić information content (AvgIpc) is 2.41. The van der Waals surface area contributed by atoms with Gasteiger partial charge in [-0.2, -0.15) is 0 Å². The summed E-state index contributed by atoms with van der Waals surface area (Å²) in [4.78, 5) is 22.0. The lowest BCUT2D eigenvalue weighted by Crippen LogP contribution is -2.26. The summed E-state index contributed by atoms with van der Waals surface area (Å²) in [5.74, 6) is -0.623. The molecule has 21 heavy (non-hydrogen) atoms. The molecule has 116 valence electrons. The number of benzene rings is 1. The van der Waals surface area contributed by atoms with Crippen LogP contribution in [-0.4, -0.2) is 28.6 Å². The Morgan fingerprint density at radius 3 is 2.48 bits per heavy atom. The Bertz CT molecular complexity index is 459. The Morgan fingerprint density at radius 1 is 1.05 bits per heavy atom. The smallest absolute Gasteiger partial charge is 0.303 e. The standard InChI is InChI=1S/C16H23NO4/c18-14-8-6-7-13(11-14)12-15(19)17-10-5-3-1-2-4-9-16(20)21/h6-8,11,18H,1-5,9-10,12H2,(H,17,19)(H,20,21). The molecular formula is C16H23NO4. The Morgan fingerprint density at radius 2 is 1.76 bits per heavy atom. The van der Waals surface area contributed by atoms with Crippen LogP contribution in [0.1, 0.15) is 44.1 Å². The minimum atomic E-state index is -0.741. The van der Waals surface area contributed by atoms with Crippen LogP contribution in [0.25, 0.3) is 0 Å². The maximum absolute atomic E-state index is 11.7. The van der Waals surface area contributed by atoms with Gasteiger partial charge in [-0.1, -0.05) is 31.4 Å². The molecule has 0 heterocycles. The van der Waals surface area contributed by atoms with Crippen molar-refractivity contribution in [2.24, 2.45) is 0 Å². The number of phenolic OH excluding ortho intramolecular Hbond substituents is 1. The molecule has 0 spiro atoms. The number of nitrogens with one attached hydrogen (secondary N) is 1. The van der Waals surface area contributed by atoms with E-state index in [0.29, 0.717) is 6.54 Å². The molecule has 3 N–H and O–H groups in total. The van der Waals surface area contributed by atoms with Crippen molar-refractivity contribution in [1.29, 1.82) is 0 Å². The highest BCUT2D eigenvalue weighted by molar-refractivity contribution is 5.78. The lowest BCUT2D eigenvalue weighted by atomic mass is 10.1. The molecule has 0 fully saturated rings. The molecule has 0 aliphatic heterocycles. The molecule has 5 nitrogen and oxygen atoms in total. The number of carbonyl (C=O) groups is 2. The van der Waals surface area contributed by atoms with Crippen LogP contribution in [0.2, 0.25) is 0 Å². The highest BCUT2D eigenvalue weighted by atomic mass is 16.4. The predicted molar refractivity (Wildman–Crippen MR) is 80.2 cm³/mol. The first-order valence-corrected chi connectivity index (χ1v) is 7.34. The van der Waals surface area contributed by atoms with Gasteiger partial charge in [0.15, 0.2) is 0 Å². The Balaban J connectivity index is 2.02. The number of amides is 1. The first-order valence-electron chi connectivity index (χ1n) is 7.34. The number of unbranched alkanes of at least 4 members (excludes halogenated alkanes) is 4. The number of aliphatic carboxylic acids is 1. The molecule has 0 atom stereocenters. The summed E-state index contributed by atoms with van der Waals surface area (Å²) in [6.45, 7) is 0.635. The molecule has 0 unspecified atom stereocenters. The first-order chi connectivity index (χ1) is 10.1. The van der Waals surface area contributed by atoms with E-state index in [1.54, 1.807) is 18.2 Å². The highest BCUT2D eigenvalue weighted by Gasteiger charge is 2.03. The van der Waals surface area contributed by atoms with Crippen molar-refractivity contribution in [2.75, 3.05) is 6.54 Å². The normalized spacial score (nSPS) is 10.3. The Hall–Kier alpha value is -2.04. The zero-order valence-electron chi connectivity index (χ0n) is 12.2. The number of carboxylic acids is 1. The first kappa shape index (κ1) is 17.0.